The van der Waals surface area contributed by atoms with E-state index in [2.05, 4.69) is 236 Å². The summed E-state index contributed by atoms with van der Waals surface area (Å²) in [5, 5.41) is 2.31. The standard InChI is InChI=1S/C72H51N5/c1-72(2)65-29-16-15-28-61(65)62-41-39-60(47-66(62)72)77-67-42-34-55(54-26-17-27-56(44-54)71-74-69(52-22-11-5-12-23-52)73-70(75-71)53-24-13-6-14-25-53)45-63(67)64-46-59(40-43-68(64)77)76(57-35-30-50(31-36-57)48-18-7-3-8-19-48)58-37-32-51(33-38-58)49-20-9-4-10-21-49/h3-47H,1-2H3. The highest BCUT2D eigenvalue weighted by molar-refractivity contribution is 6.12. The van der Waals surface area contributed by atoms with E-state index in [9.17, 15) is 0 Å². The molecule has 364 valence electrons. The van der Waals surface area contributed by atoms with E-state index >= 15 is 0 Å². The molecule has 77 heavy (non-hydrogen) atoms. The van der Waals surface area contributed by atoms with Gasteiger partial charge < -0.3 is 9.47 Å². The first-order chi connectivity index (χ1) is 37.9. The van der Waals surface area contributed by atoms with Crippen molar-refractivity contribution >= 4 is 38.9 Å². The minimum atomic E-state index is -0.152. The van der Waals surface area contributed by atoms with E-state index in [4.69, 9.17) is 15.0 Å². The molecule has 13 aromatic rings. The summed E-state index contributed by atoms with van der Waals surface area (Å²) in [5.41, 5.74) is 21.5. The summed E-state index contributed by atoms with van der Waals surface area (Å²) in [5.74, 6) is 1.89. The van der Waals surface area contributed by atoms with Gasteiger partial charge in [0.2, 0.25) is 0 Å². The Kier molecular flexibility index (Phi) is 11.1. The molecular weight excluding hydrogens is 935 g/mol. The van der Waals surface area contributed by atoms with E-state index in [-0.39, 0.29) is 5.41 Å². The van der Waals surface area contributed by atoms with E-state index in [1.807, 2.05) is 60.7 Å². The maximum absolute atomic E-state index is 5.10. The van der Waals surface area contributed by atoms with Crippen molar-refractivity contribution in [3.8, 4) is 84.4 Å². The molecule has 1 aliphatic carbocycles. The number of anilines is 3. The van der Waals surface area contributed by atoms with Crippen LogP contribution in [0.4, 0.5) is 17.1 Å². The van der Waals surface area contributed by atoms with Crippen LogP contribution in [0.3, 0.4) is 0 Å². The average Bonchev–Trinajstić information content (AvgIpc) is 3.96. The van der Waals surface area contributed by atoms with E-state index < -0.39 is 0 Å². The molecule has 1 aliphatic rings. The lowest BCUT2D eigenvalue weighted by Gasteiger charge is -2.26. The number of hydrogen-bond acceptors (Lipinski definition) is 4. The van der Waals surface area contributed by atoms with Crippen molar-refractivity contribution in [2.45, 2.75) is 19.3 Å². The second-order valence-electron chi connectivity index (χ2n) is 20.4. The Balaban J connectivity index is 0.943. The zero-order chi connectivity index (χ0) is 51.5. The third-order valence-corrected chi connectivity index (χ3v) is 15.5. The highest BCUT2D eigenvalue weighted by Crippen LogP contribution is 2.50. The number of aromatic nitrogens is 4. The summed E-state index contributed by atoms with van der Waals surface area (Å²) in [6.45, 7) is 4.71. The molecule has 14 rings (SSSR count). The predicted octanol–water partition coefficient (Wildman–Crippen LogP) is 18.7. The Morgan fingerprint density at radius 3 is 1.30 bits per heavy atom. The van der Waals surface area contributed by atoms with Gasteiger partial charge in [0, 0.05) is 55.6 Å². The topological polar surface area (TPSA) is 46.8 Å². The molecule has 5 heteroatoms. The summed E-state index contributed by atoms with van der Waals surface area (Å²) >= 11 is 0. The van der Waals surface area contributed by atoms with Crippen molar-refractivity contribution in [3.63, 3.8) is 0 Å². The quantitative estimate of drug-likeness (QED) is 0.137. The highest BCUT2D eigenvalue weighted by Gasteiger charge is 2.35. The van der Waals surface area contributed by atoms with Crippen LogP contribution in [0.1, 0.15) is 25.0 Å². The molecule has 0 spiro atoms. The maximum atomic E-state index is 5.10. The van der Waals surface area contributed by atoms with Crippen LogP contribution >= 0.6 is 0 Å². The molecule has 0 N–H and O–H groups in total. The number of fused-ring (bicyclic) bond motifs is 6. The molecule has 0 bridgehead atoms. The molecule has 0 fully saturated rings. The largest absolute Gasteiger partial charge is 0.310 e. The first-order valence-electron chi connectivity index (χ1n) is 26.3. The fourth-order valence-corrected chi connectivity index (χ4v) is 11.5. The molecule has 0 saturated heterocycles. The minimum Gasteiger partial charge on any atom is -0.310 e. The Labute approximate surface area is 448 Å². The molecule has 0 atom stereocenters. The molecule has 0 aliphatic heterocycles. The van der Waals surface area contributed by atoms with Gasteiger partial charge in [0.15, 0.2) is 17.5 Å². The number of nitrogens with zero attached hydrogens (tertiary/aromatic N) is 5. The fourth-order valence-electron chi connectivity index (χ4n) is 11.5. The van der Waals surface area contributed by atoms with E-state index in [1.54, 1.807) is 0 Å². The molecule has 0 amide bonds. The van der Waals surface area contributed by atoms with Gasteiger partial charge in [-0.25, -0.2) is 15.0 Å². The van der Waals surface area contributed by atoms with Crippen molar-refractivity contribution < 1.29 is 0 Å². The fraction of sp³-hybridized carbons (Fsp3) is 0.0417. The van der Waals surface area contributed by atoms with Crippen molar-refractivity contribution in [3.05, 3.63) is 284 Å². The molecule has 0 saturated carbocycles. The first-order valence-corrected chi connectivity index (χ1v) is 26.3. The smallest absolute Gasteiger partial charge is 0.164 e. The molecule has 5 nitrogen and oxygen atoms in total. The van der Waals surface area contributed by atoms with Crippen molar-refractivity contribution in [2.24, 2.45) is 0 Å². The van der Waals surface area contributed by atoms with E-state index in [0.717, 1.165) is 72.4 Å². The number of rotatable bonds is 10. The number of hydrogen-bond donors (Lipinski definition) is 0. The van der Waals surface area contributed by atoms with Crippen LogP contribution in [-0.2, 0) is 5.41 Å². The Hall–Kier alpha value is -9.97. The van der Waals surface area contributed by atoms with Gasteiger partial charge in [-0.05, 0) is 128 Å². The Morgan fingerprint density at radius 1 is 0.299 bits per heavy atom. The van der Waals surface area contributed by atoms with Gasteiger partial charge in [-0.3, -0.25) is 0 Å². The number of benzene rings is 11. The summed E-state index contributed by atoms with van der Waals surface area (Å²) in [6, 6.07) is 97.9. The van der Waals surface area contributed by atoms with Crippen molar-refractivity contribution in [1.82, 2.24) is 19.5 Å². The minimum absolute atomic E-state index is 0.152. The van der Waals surface area contributed by atoms with Crippen LogP contribution in [0.25, 0.3) is 106 Å². The van der Waals surface area contributed by atoms with Gasteiger partial charge in [0.05, 0.1) is 11.0 Å². The van der Waals surface area contributed by atoms with E-state index in [1.165, 1.54) is 44.5 Å². The van der Waals surface area contributed by atoms with Gasteiger partial charge in [0.25, 0.3) is 0 Å². The lowest BCUT2D eigenvalue weighted by molar-refractivity contribution is 0.660. The summed E-state index contributed by atoms with van der Waals surface area (Å²) in [4.78, 5) is 17.5. The SMILES string of the molecule is CC1(C)c2ccccc2-c2ccc(-n3c4ccc(-c5cccc(-c6nc(-c7ccccc7)nc(-c7ccccc7)n6)c5)cc4c4cc(N(c5ccc(-c6ccccc6)cc5)c5ccc(-c6ccccc6)cc5)ccc43)cc21. The lowest BCUT2D eigenvalue weighted by atomic mass is 9.82. The van der Waals surface area contributed by atoms with Gasteiger partial charge >= 0.3 is 0 Å². The van der Waals surface area contributed by atoms with Crippen LogP contribution in [0, 0.1) is 0 Å². The third-order valence-electron chi connectivity index (χ3n) is 15.5. The Bertz CT molecular complexity index is 4180. The van der Waals surface area contributed by atoms with Crippen LogP contribution < -0.4 is 4.90 Å². The summed E-state index contributed by atoms with van der Waals surface area (Å²) < 4.78 is 2.46. The summed E-state index contributed by atoms with van der Waals surface area (Å²) in [7, 11) is 0. The Morgan fingerprint density at radius 2 is 0.714 bits per heavy atom. The summed E-state index contributed by atoms with van der Waals surface area (Å²) in [6.07, 6.45) is 0. The van der Waals surface area contributed by atoms with Crippen LogP contribution in [-0.4, -0.2) is 19.5 Å². The van der Waals surface area contributed by atoms with Gasteiger partial charge in [0.1, 0.15) is 0 Å². The molecular formula is C72H51N5. The third kappa shape index (κ3) is 8.17. The van der Waals surface area contributed by atoms with Crippen molar-refractivity contribution in [2.75, 3.05) is 4.90 Å². The van der Waals surface area contributed by atoms with Crippen molar-refractivity contribution in [1.29, 1.82) is 0 Å². The molecule has 0 unspecified atom stereocenters. The van der Waals surface area contributed by atoms with Gasteiger partial charge in [-0.2, -0.15) is 0 Å². The van der Waals surface area contributed by atoms with Crippen LogP contribution in [0.5, 0.6) is 0 Å². The van der Waals surface area contributed by atoms with E-state index in [0.29, 0.717) is 17.5 Å². The normalized spacial score (nSPS) is 12.4. The zero-order valence-corrected chi connectivity index (χ0v) is 42.7. The average molecular weight is 986 g/mol. The predicted molar refractivity (Wildman–Crippen MR) is 319 cm³/mol. The zero-order valence-electron chi connectivity index (χ0n) is 42.7. The molecule has 0 radical (unpaired) electrons. The highest BCUT2D eigenvalue weighted by atomic mass is 15.1. The lowest BCUT2D eigenvalue weighted by Crippen LogP contribution is -2.15. The molecule has 2 heterocycles. The maximum Gasteiger partial charge on any atom is 0.164 e. The molecule has 11 aromatic carbocycles. The second-order valence-corrected chi connectivity index (χ2v) is 20.4. The molecule has 2 aromatic heterocycles. The van der Waals surface area contributed by atoms with Gasteiger partial charge in [-0.15, -0.1) is 0 Å². The second kappa shape index (κ2) is 18.8. The monoisotopic (exact) mass is 985 g/mol. The first kappa shape index (κ1) is 45.6. The van der Waals surface area contributed by atoms with Gasteiger partial charge in [-0.1, -0.05) is 214 Å². The van der Waals surface area contributed by atoms with Crippen LogP contribution in [0.2, 0.25) is 0 Å². The van der Waals surface area contributed by atoms with Crippen LogP contribution in [0.15, 0.2) is 273 Å².